The van der Waals surface area contributed by atoms with Gasteiger partial charge < -0.3 is 5.32 Å². The summed E-state index contributed by atoms with van der Waals surface area (Å²) in [6.45, 7) is 9.80. The molecule has 7 heteroatoms. The molecule has 1 fully saturated rings. The summed E-state index contributed by atoms with van der Waals surface area (Å²) in [5.41, 5.74) is 1.04. The molecule has 0 spiro atoms. The van der Waals surface area contributed by atoms with E-state index in [0.29, 0.717) is 12.5 Å². The highest BCUT2D eigenvalue weighted by Gasteiger charge is 2.23. The molecule has 27 heavy (non-hydrogen) atoms. The van der Waals surface area contributed by atoms with Crippen molar-refractivity contribution in [3.63, 3.8) is 0 Å². The Morgan fingerprint density at radius 3 is 2.52 bits per heavy atom. The summed E-state index contributed by atoms with van der Waals surface area (Å²) in [7, 11) is 0. The zero-order valence-electron chi connectivity index (χ0n) is 16.4. The maximum Gasteiger partial charge on any atom is 0.233 e. The van der Waals surface area contributed by atoms with Crippen molar-refractivity contribution in [2.24, 2.45) is 5.92 Å². The van der Waals surface area contributed by atoms with Crippen LogP contribution in [0.25, 0.3) is 5.69 Å². The third kappa shape index (κ3) is 5.32. The Morgan fingerprint density at radius 2 is 1.85 bits per heavy atom. The number of carbonyl (C=O) groups is 1. The maximum atomic E-state index is 12.4. The molecule has 146 valence electrons. The molecule has 6 nitrogen and oxygen atoms in total. The molecule has 2 aromatic rings. The predicted molar refractivity (Wildman–Crippen MR) is 109 cm³/mol. The number of likely N-dealkylation sites (tertiary alicyclic amines) is 1. The minimum absolute atomic E-state index is 0.0393. The number of nitrogens with one attached hydrogen (secondary N) is 1. The number of nitrogens with zero attached hydrogens (tertiary/aromatic N) is 4. The smallest absolute Gasteiger partial charge is 0.233 e. The van der Waals surface area contributed by atoms with Gasteiger partial charge in [0.15, 0.2) is 11.0 Å². The Bertz CT molecular complexity index is 740. The summed E-state index contributed by atoms with van der Waals surface area (Å²) >= 11 is 1.46. The lowest BCUT2D eigenvalue weighted by Gasteiger charge is -2.17. The van der Waals surface area contributed by atoms with Gasteiger partial charge in [-0.1, -0.05) is 43.8 Å². The van der Waals surface area contributed by atoms with Crippen molar-refractivity contribution >= 4 is 17.7 Å². The fraction of sp³-hybridized carbons (Fsp3) is 0.550. The Labute approximate surface area is 165 Å². The number of aromatic nitrogens is 3. The molecule has 1 aromatic carbocycles. The Kier molecular flexibility index (Phi) is 6.90. The van der Waals surface area contributed by atoms with Crippen molar-refractivity contribution in [3.8, 4) is 5.69 Å². The normalized spacial score (nSPS) is 16.0. The van der Waals surface area contributed by atoms with Gasteiger partial charge in [-0.15, -0.1) is 10.2 Å². The van der Waals surface area contributed by atoms with Crippen LogP contribution in [0.5, 0.6) is 0 Å². The summed E-state index contributed by atoms with van der Waals surface area (Å²) in [4.78, 5) is 14.8. The highest BCUT2D eigenvalue weighted by atomic mass is 32.2. The summed E-state index contributed by atoms with van der Waals surface area (Å²) in [5, 5.41) is 12.4. The first-order chi connectivity index (χ1) is 13.0. The lowest BCUT2D eigenvalue weighted by molar-refractivity contribution is -0.120. The van der Waals surface area contributed by atoms with Crippen LogP contribution in [0, 0.1) is 5.92 Å². The highest BCUT2D eigenvalue weighted by molar-refractivity contribution is 8.00. The lowest BCUT2D eigenvalue weighted by atomic mass is 10.2. The fourth-order valence-electron chi connectivity index (χ4n) is 3.12. The molecular formula is C20H29N5OS. The minimum atomic E-state index is -0.227. The van der Waals surface area contributed by atoms with Gasteiger partial charge in [0.2, 0.25) is 5.91 Å². The number of hydrogen-bond donors (Lipinski definition) is 1. The predicted octanol–water partition coefficient (Wildman–Crippen LogP) is 3.12. The van der Waals surface area contributed by atoms with Gasteiger partial charge >= 0.3 is 0 Å². The molecule has 1 unspecified atom stereocenters. The molecule has 1 atom stereocenters. The number of carbonyl (C=O) groups excluding carboxylic acids is 1. The molecule has 0 radical (unpaired) electrons. The quantitative estimate of drug-likeness (QED) is 0.705. The second kappa shape index (κ2) is 9.37. The summed E-state index contributed by atoms with van der Waals surface area (Å²) in [6.07, 6.45) is 2.49. The van der Waals surface area contributed by atoms with Crippen molar-refractivity contribution in [2.75, 3.05) is 19.6 Å². The number of amides is 1. The van der Waals surface area contributed by atoms with Gasteiger partial charge in [0.25, 0.3) is 0 Å². The molecular weight excluding hydrogens is 358 g/mol. The average molecular weight is 388 g/mol. The van der Waals surface area contributed by atoms with E-state index in [9.17, 15) is 4.79 Å². The number of thioether (sulfide) groups is 1. The molecule has 0 bridgehead atoms. The zero-order valence-corrected chi connectivity index (χ0v) is 17.2. The van der Waals surface area contributed by atoms with Gasteiger partial charge in [-0.2, -0.15) is 0 Å². The van der Waals surface area contributed by atoms with E-state index < -0.39 is 0 Å². The number of para-hydroxylation sites is 1. The van der Waals surface area contributed by atoms with Crippen LogP contribution in [-0.4, -0.2) is 50.5 Å². The van der Waals surface area contributed by atoms with Gasteiger partial charge in [0.1, 0.15) is 0 Å². The van der Waals surface area contributed by atoms with E-state index in [2.05, 4.69) is 51.0 Å². The Morgan fingerprint density at radius 1 is 1.15 bits per heavy atom. The van der Waals surface area contributed by atoms with Crippen molar-refractivity contribution < 1.29 is 4.79 Å². The van der Waals surface area contributed by atoms with Crippen molar-refractivity contribution in [2.45, 2.75) is 50.6 Å². The van der Waals surface area contributed by atoms with Crippen molar-refractivity contribution in [1.29, 1.82) is 0 Å². The average Bonchev–Trinajstić information content (AvgIpc) is 3.31. The highest BCUT2D eigenvalue weighted by Crippen LogP contribution is 2.27. The van der Waals surface area contributed by atoms with Gasteiger partial charge in [-0.3, -0.25) is 14.3 Å². The third-order valence-electron chi connectivity index (χ3n) is 4.61. The molecule has 1 aliphatic rings. The van der Waals surface area contributed by atoms with E-state index in [1.165, 1.54) is 24.6 Å². The molecule has 0 saturated carbocycles. The molecule has 1 saturated heterocycles. The van der Waals surface area contributed by atoms with Crippen LogP contribution in [0.3, 0.4) is 0 Å². The van der Waals surface area contributed by atoms with Gasteiger partial charge in [0, 0.05) is 12.2 Å². The van der Waals surface area contributed by atoms with Crippen molar-refractivity contribution in [1.82, 2.24) is 25.0 Å². The van der Waals surface area contributed by atoms with Crippen LogP contribution < -0.4 is 5.32 Å². The third-order valence-corrected chi connectivity index (χ3v) is 5.66. The molecule has 1 N–H and O–H groups in total. The summed E-state index contributed by atoms with van der Waals surface area (Å²) < 4.78 is 2.09. The molecule has 3 rings (SSSR count). The first-order valence-corrected chi connectivity index (χ1v) is 10.6. The van der Waals surface area contributed by atoms with Gasteiger partial charge in [0.05, 0.1) is 11.8 Å². The van der Waals surface area contributed by atoms with E-state index in [-0.39, 0.29) is 11.2 Å². The zero-order chi connectivity index (χ0) is 19.2. The topological polar surface area (TPSA) is 63.1 Å². The second-order valence-electron chi connectivity index (χ2n) is 7.45. The van der Waals surface area contributed by atoms with Gasteiger partial charge in [-0.05, 0) is 50.9 Å². The Balaban J connectivity index is 1.79. The van der Waals surface area contributed by atoms with Crippen molar-refractivity contribution in [3.05, 3.63) is 36.2 Å². The number of rotatable bonds is 8. The van der Waals surface area contributed by atoms with E-state index in [0.717, 1.165) is 36.3 Å². The van der Waals surface area contributed by atoms with Crippen LogP contribution in [0.4, 0.5) is 0 Å². The van der Waals surface area contributed by atoms with E-state index in [1.54, 1.807) is 0 Å². The van der Waals surface area contributed by atoms with E-state index in [4.69, 9.17) is 0 Å². The molecule has 1 aromatic heterocycles. The van der Waals surface area contributed by atoms with Crippen LogP contribution >= 0.6 is 11.8 Å². The molecule has 0 aliphatic carbocycles. The largest absolute Gasteiger partial charge is 0.355 e. The van der Waals surface area contributed by atoms with Crippen LogP contribution in [0.1, 0.15) is 39.4 Å². The molecule has 1 amide bonds. The number of benzene rings is 1. The molecule has 2 heterocycles. The minimum Gasteiger partial charge on any atom is -0.355 e. The first-order valence-electron chi connectivity index (χ1n) is 9.71. The standard InChI is InChI=1S/C20H29N5OS/c1-15(2)13-21-19(26)16(3)27-20-23-22-18(14-24-11-7-8-12-24)25(20)17-9-5-4-6-10-17/h4-6,9-10,15-16H,7-8,11-14H2,1-3H3,(H,21,26). The number of hydrogen-bond acceptors (Lipinski definition) is 5. The molecule has 1 aliphatic heterocycles. The van der Waals surface area contributed by atoms with Gasteiger partial charge in [-0.25, -0.2) is 0 Å². The maximum absolute atomic E-state index is 12.4. The lowest BCUT2D eigenvalue weighted by Crippen LogP contribution is -2.33. The summed E-state index contributed by atoms with van der Waals surface area (Å²) in [6, 6.07) is 10.2. The SMILES string of the molecule is CC(C)CNC(=O)C(C)Sc1nnc(CN2CCCC2)n1-c1ccccc1. The van der Waals surface area contributed by atoms with E-state index in [1.807, 2.05) is 25.1 Å². The second-order valence-corrected chi connectivity index (χ2v) is 8.76. The summed E-state index contributed by atoms with van der Waals surface area (Å²) in [5.74, 6) is 1.41. The Hall–Kier alpha value is -1.86. The van der Waals surface area contributed by atoms with Crippen LogP contribution in [-0.2, 0) is 11.3 Å². The monoisotopic (exact) mass is 387 g/mol. The van der Waals surface area contributed by atoms with E-state index >= 15 is 0 Å². The first kappa shape index (κ1) is 19.9. The van der Waals surface area contributed by atoms with Crippen LogP contribution in [0.2, 0.25) is 0 Å². The fourth-order valence-corrected chi connectivity index (χ4v) is 4.03. The van der Waals surface area contributed by atoms with Crippen LogP contribution in [0.15, 0.2) is 35.5 Å².